The quantitative estimate of drug-likeness (QED) is 0.499. The number of aromatic nitrogens is 1. The van der Waals surface area contributed by atoms with Gasteiger partial charge in [0.25, 0.3) is 5.91 Å². The van der Waals surface area contributed by atoms with Crippen LogP contribution in [0.1, 0.15) is 18.2 Å². The smallest absolute Gasteiger partial charge is 0.271 e. The molecule has 0 unspecified atom stereocenters. The van der Waals surface area contributed by atoms with Crippen molar-refractivity contribution in [1.29, 1.82) is 0 Å². The summed E-state index contributed by atoms with van der Waals surface area (Å²) in [5.41, 5.74) is 2.64. The molecule has 1 amide bonds. The van der Waals surface area contributed by atoms with Crippen LogP contribution in [-0.4, -0.2) is 22.7 Å². The molecule has 0 atom stereocenters. The lowest BCUT2D eigenvalue weighted by molar-refractivity contribution is -0.113. The Kier molecular flexibility index (Phi) is 5.78. The first kappa shape index (κ1) is 19.4. The predicted molar refractivity (Wildman–Crippen MR) is 121 cm³/mol. The van der Waals surface area contributed by atoms with Crippen LogP contribution in [0.3, 0.4) is 0 Å². The van der Waals surface area contributed by atoms with E-state index in [9.17, 15) is 4.79 Å². The number of carbonyl (C=O) groups is 1. The third-order valence-electron chi connectivity index (χ3n) is 4.11. The standard InChI is InChI=1S/C22H19N3O2S2/c1-3-27-18-11-9-16(10-12-18)13-19-20(26)25(17-7-5-4-6-8-17)22(29-19)24-21-23-15(2)14-28-21/h4-14H,3H2,1-2H3/b19-13-,24-22+. The van der Waals surface area contributed by atoms with Crippen molar-refractivity contribution in [2.75, 3.05) is 11.5 Å². The van der Waals surface area contributed by atoms with Crippen molar-refractivity contribution in [2.24, 2.45) is 4.99 Å². The number of thioether (sulfide) groups is 1. The molecule has 0 aliphatic carbocycles. The van der Waals surface area contributed by atoms with Gasteiger partial charge in [-0.3, -0.25) is 9.69 Å². The highest BCUT2D eigenvalue weighted by atomic mass is 32.2. The zero-order valence-electron chi connectivity index (χ0n) is 16.0. The van der Waals surface area contributed by atoms with Gasteiger partial charge in [-0.15, -0.1) is 11.3 Å². The molecule has 3 aromatic rings. The molecular weight excluding hydrogens is 402 g/mol. The predicted octanol–water partition coefficient (Wildman–Crippen LogP) is 5.66. The first-order chi connectivity index (χ1) is 14.1. The van der Waals surface area contributed by atoms with Crippen LogP contribution < -0.4 is 9.64 Å². The topological polar surface area (TPSA) is 54.8 Å². The molecule has 0 radical (unpaired) electrons. The van der Waals surface area contributed by atoms with Crippen molar-refractivity contribution in [2.45, 2.75) is 13.8 Å². The number of ether oxygens (including phenoxy) is 1. The summed E-state index contributed by atoms with van der Waals surface area (Å²) < 4.78 is 5.49. The highest BCUT2D eigenvalue weighted by molar-refractivity contribution is 8.19. The molecule has 146 valence electrons. The summed E-state index contributed by atoms with van der Waals surface area (Å²) in [6, 6.07) is 17.2. The van der Waals surface area contributed by atoms with E-state index in [1.807, 2.05) is 79.9 Å². The number of amides is 1. The van der Waals surface area contributed by atoms with Gasteiger partial charge in [0.05, 0.1) is 22.9 Å². The SMILES string of the molecule is CCOc1ccc(/C=C2\S/C(=N/c3nc(C)cs3)N(c3ccccc3)C2=O)cc1. The molecule has 5 nitrogen and oxygen atoms in total. The highest BCUT2D eigenvalue weighted by Crippen LogP contribution is 2.37. The number of aliphatic imine (C=N–C) groups is 1. The van der Waals surface area contributed by atoms with Crippen molar-refractivity contribution >= 4 is 51.1 Å². The van der Waals surface area contributed by atoms with Crippen LogP contribution in [0, 0.1) is 6.92 Å². The van der Waals surface area contributed by atoms with Gasteiger partial charge in [-0.05, 0) is 61.5 Å². The van der Waals surface area contributed by atoms with E-state index in [-0.39, 0.29) is 5.91 Å². The molecule has 1 aliphatic heterocycles. The number of para-hydroxylation sites is 1. The molecule has 4 rings (SSSR count). The van der Waals surface area contributed by atoms with E-state index in [0.717, 1.165) is 22.7 Å². The summed E-state index contributed by atoms with van der Waals surface area (Å²) in [7, 11) is 0. The molecule has 0 N–H and O–H groups in total. The van der Waals surface area contributed by atoms with Gasteiger partial charge in [0, 0.05) is 5.38 Å². The van der Waals surface area contributed by atoms with E-state index in [1.54, 1.807) is 4.90 Å². The largest absolute Gasteiger partial charge is 0.494 e. The maximum absolute atomic E-state index is 13.2. The molecule has 0 saturated carbocycles. The Bertz CT molecular complexity index is 1070. The van der Waals surface area contributed by atoms with Gasteiger partial charge in [0.1, 0.15) is 5.75 Å². The second-order valence-electron chi connectivity index (χ2n) is 6.25. The van der Waals surface area contributed by atoms with Crippen molar-refractivity contribution in [3.8, 4) is 5.75 Å². The van der Waals surface area contributed by atoms with Crippen LogP contribution in [0.25, 0.3) is 6.08 Å². The summed E-state index contributed by atoms with van der Waals surface area (Å²) in [6.45, 7) is 4.50. The Morgan fingerprint density at radius 3 is 2.55 bits per heavy atom. The molecule has 1 fully saturated rings. The van der Waals surface area contributed by atoms with E-state index >= 15 is 0 Å². The van der Waals surface area contributed by atoms with Crippen LogP contribution in [0.15, 0.2) is 69.9 Å². The first-order valence-electron chi connectivity index (χ1n) is 9.17. The Morgan fingerprint density at radius 1 is 1.14 bits per heavy atom. The molecule has 1 aromatic heterocycles. The number of aryl methyl sites for hydroxylation is 1. The Labute approximate surface area is 177 Å². The zero-order chi connectivity index (χ0) is 20.2. The number of hydrogen-bond acceptors (Lipinski definition) is 6. The van der Waals surface area contributed by atoms with Crippen molar-refractivity contribution < 1.29 is 9.53 Å². The van der Waals surface area contributed by atoms with Gasteiger partial charge in [0.15, 0.2) is 5.17 Å². The minimum absolute atomic E-state index is 0.0953. The fraction of sp³-hybridized carbons (Fsp3) is 0.136. The van der Waals surface area contributed by atoms with Gasteiger partial charge in [-0.2, -0.15) is 4.99 Å². The molecule has 0 spiro atoms. The van der Waals surface area contributed by atoms with E-state index in [2.05, 4.69) is 9.98 Å². The van der Waals surface area contributed by atoms with Gasteiger partial charge in [0.2, 0.25) is 5.13 Å². The molecule has 0 bridgehead atoms. The van der Waals surface area contributed by atoms with Crippen molar-refractivity contribution in [3.05, 3.63) is 76.1 Å². The molecule has 1 saturated heterocycles. The molecule has 2 aromatic carbocycles. The third-order valence-corrected chi connectivity index (χ3v) is 5.93. The summed E-state index contributed by atoms with van der Waals surface area (Å²) in [5.74, 6) is 0.717. The summed E-state index contributed by atoms with van der Waals surface area (Å²) in [4.78, 5) is 24.5. The Hall–Kier alpha value is -2.90. The number of thiazole rings is 1. The van der Waals surface area contributed by atoms with Crippen molar-refractivity contribution in [1.82, 2.24) is 4.98 Å². The highest BCUT2D eigenvalue weighted by Gasteiger charge is 2.34. The lowest BCUT2D eigenvalue weighted by Crippen LogP contribution is -2.28. The first-order valence-corrected chi connectivity index (χ1v) is 10.9. The number of carbonyl (C=O) groups excluding carboxylic acids is 1. The second kappa shape index (κ2) is 8.63. The number of benzene rings is 2. The summed E-state index contributed by atoms with van der Waals surface area (Å²) in [5, 5.41) is 3.19. The molecule has 2 heterocycles. The lowest BCUT2D eigenvalue weighted by Gasteiger charge is -2.14. The normalized spacial score (nSPS) is 16.8. The Morgan fingerprint density at radius 2 is 1.90 bits per heavy atom. The fourth-order valence-electron chi connectivity index (χ4n) is 2.81. The summed E-state index contributed by atoms with van der Waals surface area (Å²) in [6.07, 6.45) is 1.88. The number of amidine groups is 1. The average Bonchev–Trinajstić information content (AvgIpc) is 3.27. The van der Waals surface area contributed by atoms with Crippen molar-refractivity contribution in [3.63, 3.8) is 0 Å². The molecular formula is C22H19N3O2S2. The summed E-state index contributed by atoms with van der Waals surface area (Å²) >= 11 is 2.82. The van der Waals surface area contributed by atoms with Crippen LogP contribution in [0.4, 0.5) is 10.8 Å². The molecule has 7 heteroatoms. The van der Waals surface area contributed by atoms with E-state index in [0.29, 0.717) is 21.8 Å². The maximum atomic E-state index is 13.2. The Balaban J connectivity index is 1.69. The maximum Gasteiger partial charge on any atom is 0.271 e. The fourth-order valence-corrected chi connectivity index (χ4v) is 4.51. The zero-order valence-corrected chi connectivity index (χ0v) is 17.7. The monoisotopic (exact) mass is 421 g/mol. The molecule has 1 aliphatic rings. The number of nitrogens with zero attached hydrogens (tertiary/aromatic N) is 3. The minimum Gasteiger partial charge on any atom is -0.494 e. The van der Waals surface area contributed by atoms with Gasteiger partial charge >= 0.3 is 0 Å². The van der Waals surface area contributed by atoms with Crippen LogP contribution >= 0.6 is 23.1 Å². The van der Waals surface area contributed by atoms with E-state index < -0.39 is 0 Å². The van der Waals surface area contributed by atoms with Crippen LogP contribution in [-0.2, 0) is 4.79 Å². The average molecular weight is 422 g/mol. The number of anilines is 1. The number of hydrogen-bond donors (Lipinski definition) is 0. The van der Waals surface area contributed by atoms with Crippen LogP contribution in [0.5, 0.6) is 5.75 Å². The van der Waals surface area contributed by atoms with Gasteiger partial charge in [-0.25, -0.2) is 4.98 Å². The van der Waals surface area contributed by atoms with Gasteiger partial charge < -0.3 is 4.74 Å². The molecule has 29 heavy (non-hydrogen) atoms. The lowest BCUT2D eigenvalue weighted by atomic mass is 10.2. The third kappa shape index (κ3) is 4.41. The van der Waals surface area contributed by atoms with E-state index in [4.69, 9.17) is 4.74 Å². The van der Waals surface area contributed by atoms with E-state index in [1.165, 1.54) is 23.1 Å². The second-order valence-corrected chi connectivity index (χ2v) is 8.10. The minimum atomic E-state index is -0.0953. The van der Waals surface area contributed by atoms with Gasteiger partial charge in [-0.1, -0.05) is 30.3 Å². The van der Waals surface area contributed by atoms with Crippen LogP contribution in [0.2, 0.25) is 0 Å². The number of rotatable bonds is 5.